The maximum atomic E-state index is 12.0. The van der Waals surface area contributed by atoms with Crippen LogP contribution in [0.5, 0.6) is 0 Å². The molecule has 0 aliphatic carbocycles. The van der Waals surface area contributed by atoms with E-state index in [4.69, 9.17) is 0 Å². The topological polar surface area (TPSA) is 91.0 Å². The van der Waals surface area contributed by atoms with Crippen LogP contribution in [-0.2, 0) is 4.79 Å². The Hall–Kier alpha value is -1.92. The smallest absolute Gasteiger partial charge is 0.291 e. The Labute approximate surface area is 111 Å². The molecule has 1 aromatic heterocycles. The van der Waals surface area contributed by atoms with Gasteiger partial charge in [-0.1, -0.05) is 13.8 Å². The Bertz CT molecular complexity index is 482. The van der Waals surface area contributed by atoms with Crippen molar-refractivity contribution in [1.82, 2.24) is 25.4 Å². The van der Waals surface area contributed by atoms with Crippen molar-refractivity contribution in [3.63, 3.8) is 0 Å². The number of aromatic amines is 1. The molecule has 104 valence electrons. The number of likely N-dealkylation sites (N-methyl/N-ethyl adjacent to an activating group) is 1. The molecule has 0 aromatic carbocycles. The quantitative estimate of drug-likeness (QED) is 0.821. The zero-order chi connectivity index (χ0) is 14.0. The van der Waals surface area contributed by atoms with Gasteiger partial charge in [-0.15, -0.1) is 5.10 Å². The van der Waals surface area contributed by atoms with Gasteiger partial charge in [0, 0.05) is 32.0 Å². The first-order valence-corrected chi connectivity index (χ1v) is 6.44. The molecular formula is C12H19N5O2. The monoisotopic (exact) mass is 265 g/mol. The van der Waals surface area contributed by atoms with Crippen molar-refractivity contribution in [2.75, 3.05) is 13.6 Å². The zero-order valence-electron chi connectivity index (χ0n) is 11.4. The highest BCUT2D eigenvalue weighted by molar-refractivity contribution is 5.90. The molecule has 7 nitrogen and oxygen atoms in total. The van der Waals surface area contributed by atoms with Crippen LogP contribution in [0.4, 0.5) is 0 Å². The Balaban J connectivity index is 1.95. The van der Waals surface area contributed by atoms with Crippen LogP contribution in [0, 0.1) is 0 Å². The molecule has 1 unspecified atom stereocenters. The van der Waals surface area contributed by atoms with Crippen molar-refractivity contribution >= 4 is 11.8 Å². The average molecular weight is 265 g/mol. The van der Waals surface area contributed by atoms with Gasteiger partial charge in [-0.3, -0.25) is 14.7 Å². The summed E-state index contributed by atoms with van der Waals surface area (Å²) in [5.41, 5.74) is 0. The minimum Gasteiger partial charge on any atom is -0.345 e. The first-order valence-electron chi connectivity index (χ1n) is 6.44. The fraction of sp³-hybridized carbons (Fsp3) is 0.667. The minimum absolute atomic E-state index is 0.0313. The van der Waals surface area contributed by atoms with Crippen molar-refractivity contribution in [2.45, 2.75) is 38.6 Å². The van der Waals surface area contributed by atoms with E-state index < -0.39 is 0 Å². The van der Waals surface area contributed by atoms with Gasteiger partial charge in [-0.2, -0.15) is 0 Å². The predicted molar refractivity (Wildman–Crippen MR) is 68.6 cm³/mol. The number of rotatable bonds is 3. The number of carbonyl (C=O) groups excluding carboxylic acids is 2. The van der Waals surface area contributed by atoms with Crippen molar-refractivity contribution in [3.8, 4) is 0 Å². The minimum atomic E-state index is -0.295. The highest BCUT2D eigenvalue weighted by Crippen LogP contribution is 2.11. The molecule has 0 spiro atoms. The van der Waals surface area contributed by atoms with Gasteiger partial charge < -0.3 is 10.2 Å². The van der Waals surface area contributed by atoms with E-state index in [0.717, 1.165) is 0 Å². The Morgan fingerprint density at radius 1 is 1.53 bits per heavy atom. The molecule has 0 saturated carbocycles. The number of nitrogens with one attached hydrogen (secondary N) is 2. The van der Waals surface area contributed by atoms with Crippen LogP contribution >= 0.6 is 0 Å². The number of hydrogen-bond donors (Lipinski definition) is 2. The third-order valence-corrected chi connectivity index (χ3v) is 3.21. The molecule has 1 fully saturated rings. The number of nitrogens with zero attached hydrogens (tertiary/aromatic N) is 3. The van der Waals surface area contributed by atoms with Gasteiger partial charge in [0.25, 0.3) is 5.91 Å². The van der Waals surface area contributed by atoms with Gasteiger partial charge in [-0.25, -0.2) is 4.98 Å². The van der Waals surface area contributed by atoms with Crippen molar-refractivity contribution < 1.29 is 9.59 Å². The van der Waals surface area contributed by atoms with Gasteiger partial charge in [0.05, 0.1) is 0 Å². The van der Waals surface area contributed by atoms with Gasteiger partial charge in [0.1, 0.15) is 5.82 Å². The molecule has 1 atom stereocenters. The standard InChI is InChI=1S/C12H19N5O2/c1-7(2)10-14-11(16-15-10)12(19)13-8-4-5-9(18)17(3)6-8/h7-8H,4-6H2,1-3H3,(H,13,19)(H,14,15,16). The molecule has 1 aliphatic rings. The van der Waals surface area contributed by atoms with Crippen LogP contribution in [0.25, 0.3) is 0 Å². The SMILES string of the molecule is CC(C)c1nc(C(=O)NC2CCC(=O)N(C)C2)n[nH]1. The number of aromatic nitrogens is 3. The summed E-state index contributed by atoms with van der Waals surface area (Å²) in [5.74, 6) is 0.873. The average Bonchev–Trinajstić information content (AvgIpc) is 2.83. The van der Waals surface area contributed by atoms with E-state index in [1.807, 2.05) is 13.8 Å². The summed E-state index contributed by atoms with van der Waals surface area (Å²) >= 11 is 0. The number of carbonyl (C=O) groups is 2. The lowest BCUT2D eigenvalue weighted by Crippen LogP contribution is -2.48. The van der Waals surface area contributed by atoms with E-state index in [9.17, 15) is 9.59 Å². The molecule has 2 amide bonds. The summed E-state index contributed by atoms with van der Waals surface area (Å²) in [7, 11) is 1.74. The lowest BCUT2D eigenvalue weighted by molar-refractivity contribution is -0.132. The molecule has 0 bridgehead atoms. The summed E-state index contributed by atoms with van der Waals surface area (Å²) in [6.45, 7) is 4.49. The van der Waals surface area contributed by atoms with E-state index >= 15 is 0 Å². The van der Waals surface area contributed by atoms with E-state index in [-0.39, 0.29) is 29.6 Å². The van der Waals surface area contributed by atoms with E-state index in [2.05, 4.69) is 20.5 Å². The van der Waals surface area contributed by atoms with Crippen molar-refractivity contribution in [2.24, 2.45) is 0 Å². The molecule has 2 heterocycles. The molecule has 1 aliphatic heterocycles. The Kier molecular flexibility index (Phi) is 3.82. The number of likely N-dealkylation sites (tertiary alicyclic amines) is 1. The van der Waals surface area contributed by atoms with E-state index in [0.29, 0.717) is 25.2 Å². The summed E-state index contributed by atoms with van der Waals surface area (Å²) in [6.07, 6.45) is 1.13. The Morgan fingerprint density at radius 3 is 2.84 bits per heavy atom. The fourth-order valence-electron chi connectivity index (χ4n) is 2.01. The van der Waals surface area contributed by atoms with Crippen LogP contribution in [0.3, 0.4) is 0 Å². The summed E-state index contributed by atoms with van der Waals surface area (Å²) in [5, 5.41) is 9.52. The first kappa shape index (κ1) is 13.5. The molecule has 2 N–H and O–H groups in total. The maximum absolute atomic E-state index is 12.0. The highest BCUT2D eigenvalue weighted by Gasteiger charge is 2.25. The predicted octanol–water partition coefficient (Wildman–Crippen LogP) is 0.279. The number of amides is 2. The van der Waals surface area contributed by atoms with Gasteiger partial charge in [0.2, 0.25) is 11.7 Å². The van der Waals surface area contributed by atoms with E-state index in [1.165, 1.54) is 0 Å². The van der Waals surface area contributed by atoms with Crippen LogP contribution < -0.4 is 5.32 Å². The number of piperidine rings is 1. The lowest BCUT2D eigenvalue weighted by Gasteiger charge is -2.29. The third kappa shape index (κ3) is 3.10. The molecule has 0 radical (unpaired) electrons. The molecule has 7 heteroatoms. The third-order valence-electron chi connectivity index (χ3n) is 3.21. The van der Waals surface area contributed by atoms with E-state index in [1.54, 1.807) is 11.9 Å². The van der Waals surface area contributed by atoms with Crippen LogP contribution in [0.15, 0.2) is 0 Å². The maximum Gasteiger partial charge on any atom is 0.291 e. The summed E-state index contributed by atoms with van der Waals surface area (Å²) < 4.78 is 0. The Morgan fingerprint density at radius 2 is 2.26 bits per heavy atom. The van der Waals surface area contributed by atoms with Crippen LogP contribution in [0.1, 0.15) is 49.1 Å². The molecule has 1 aromatic rings. The lowest BCUT2D eigenvalue weighted by atomic mass is 10.1. The molecule has 2 rings (SSSR count). The molecule has 1 saturated heterocycles. The summed E-state index contributed by atoms with van der Waals surface area (Å²) in [6, 6.07) is -0.0313. The highest BCUT2D eigenvalue weighted by atomic mass is 16.2. The second-order valence-electron chi connectivity index (χ2n) is 5.18. The van der Waals surface area contributed by atoms with Gasteiger partial charge in [0.15, 0.2) is 0 Å². The second kappa shape index (κ2) is 5.38. The van der Waals surface area contributed by atoms with Crippen LogP contribution in [0.2, 0.25) is 0 Å². The van der Waals surface area contributed by atoms with Gasteiger partial charge >= 0.3 is 0 Å². The molecular weight excluding hydrogens is 246 g/mol. The second-order valence-corrected chi connectivity index (χ2v) is 5.18. The largest absolute Gasteiger partial charge is 0.345 e. The molecule has 19 heavy (non-hydrogen) atoms. The zero-order valence-corrected chi connectivity index (χ0v) is 11.4. The fourth-order valence-corrected chi connectivity index (χ4v) is 2.01. The van der Waals surface area contributed by atoms with Crippen molar-refractivity contribution in [1.29, 1.82) is 0 Å². The van der Waals surface area contributed by atoms with Crippen LogP contribution in [-0.4, -0.2) is 51.5 Å². The van der Waals surface area contributed by atoms with Gasteiger partial charge in [-0.05, 0) is 6.42 Å². The number of hydrogen-bond acceptors (Lipinski definition) is 4. The number of H-pyrrole nitrogens is 1. The summed E-state index contributed by atoms with van der Waals surface area (Å²) in [4.78, 5) is 29.1. The van der Waals surface area contributed by atoms with Crippen molar-refractivity contribution in [3.05, 3.63) is 11.6 Å². The first-order chi connectivity index (χ1) is 8.97. The normalized spacial score (nSPS) is 19.9.